The van der Waals surface area contributed by atoms with Crippen LogP contribution in [0.4, 0.5) is 26.3 Å². The molecule has 0 aliphatic carbocycles. The summed E-state index contributed by atoms with van der Waals surface area (Å²) in [6.07, 6.45) is -8.01. The van der Waals surface area contributed by atoms with Gasteiger partial charge in [-0.05, 0) is 30.7 Å². The second kappa shape index (κ2) is 5.58. The molecule has 8 heteroatoms. The van der Waals surface area contributed by atoms with E-state index >= 15 is 0 Å². The zero-order valence-corrected chi connectivity index (χ0v) is 9.73. The van der Waals surface area contributed by atoms with Gasteiger partial charge in [0.1, 0.15) is 11.5 Å². The van der Waals surface area contributed by atoms with Crippen molar-refractivity contribution in [2.24, 2.45) is 0 Å². The molecule has 0 unspecified atom stereocenters. The SMILES string of the molecule is Cc1cc(OC(F)(F)CF)ccc1OC(F)(F)CF. The molecular weight excluding hydrogens is 278 g/mol. The van der Waals surface area contributed by atoms with Gasteiger partial charge in [-0.25, -0.2) is 8.78 Å². The van der Waals surface area contributed by atoms with Crippen LogP contribution < -0.4 is 9.47 Å². The molecule has 1 rings (SSSR count). The molecule has 0 saturated heterocycles. The largest absolute Gasteiger partial charge is 0.431 e. The number of ether oxygens (including phenoxy) is 2. The lowest BCUT2D eigenvalue weighted by Gasteiger charge is -2.18. The van der Waals surface area contributed by atoms with Crippen LogP contribution in [-0.2, 0) is 0 Å². The maximum atomic E-state index is 12.6. The molecule has 1 aromatic carbocycles. The van der Waals surface area contributed by atoms with Crippen LogP contribution in [0.1, 0.15) is 5.56 Å². The van der Waals surface area contributed by atoms with Crippen molar-refractivity contribution in [2.75, 3.05) is 13.3 Å². The molecule has 0 fully saturated rings. The Hall–Kier alpha value is -1.60. The van der Waals surface area contributed by atoms with E-state index in [-0.39, 0.29) is 5.56 Å². The van der Waals surface area contributed by atoms with Gasteiger partial charge in [-0.2, -0.15) is 17.6 Å². The maximum absolute atomic E-state index is 12.6. The summed E-state index contributed by atoms with van der Waals surface area (Å²) in [6.45, 7) is -2.78. The minimum atomic E-state index is -4.00. The van der Waals surface area contributed by atoms with Crippen LogP contribution in [0, 0.1) is 6.92 Å². The van der Waals surface area contributed by atoms with Crippen molar-refractivity contribution >= 4 is 0 Å². The summed E-state index contributed by atoms with van der Waals surface area (Å²) in [6, 6.07) is 2.75. The van der Waals surface area contributed by atoms with E-state index in [9.17, 15) is 26.3 Å². The molecule has 0 aliphatic rings. The van der Waals surface area contributed by atoms with Crippen molar-refractivity contribution in [3.8, 4) is 11.5 Å². The third-order valence-electron chi connectivity index (χ3n) is 1.98. The lowest BCUT2D eigenvalue weighted by molar-refractivity contribution is -0.188. The zero-order chi connectivity index (χ0) is 14.7. The standard InChI is InChI=1S/C11H10F6O2/c1-7-4-8(18-10(14,15)5-12)2-3-9(7)19-11(16,17)6-13/h2-4H,5-6H2,1H3. The smallest absolute Gasteiger partial charge is 0.427 e. The minimum absolute atomic E-state index is 0.0142. The Bertz CT molecular complexity index is 435. The predicted octanol–water partition coefficient (Wildman–Crippen LogP) is 3.88. The van der Waals surface area contributed by atoms with Gasteiger partial charge in [0.05, 0.1) is 0 Å². The number of hydrogen-bond acceptors (Lipinski definition) is 2. The van der Waals surface area contributed by atoms with Gasteiger partial charge < -0.3 is 9.47 Å². The van der Waals surface area contributed by atoms with Crippen LogP contribution in [0.25, 0.3) is 0 Å². The molecule has 0 radical (unpaired) electrons. The van der Waals surface area contributed by atoms with E-state index < -0.39 is 37.1 Å². The highest BCUT2D eigenvalue weighted by Gasteiger charge is 2.33. The monoisotopic (exact) mass is 288 g/mol. The van der Waals surface area contributed by atoms with Crippen molar-refractivity contribution in [1.82, 2.24) is 0 Å². The normalized spacial score (nSPS) is 12.4. The molecule has 0 amide bonds. The van der Waals surface area contributed by atoms with Crippen LogP contribution in [0.3, 0.4) is 0 Å². The Morgan fingerprint density at radius 1 is 0.947 bits per heavy atom. The molecule has 19 heavy (non-hydrogen) atoms. The van der Waals surface area contributed by atoms with E-state index in [4.69, 9.17) is 0 Å². The highest BCUT2D eigenvalue weighted by atomic mass is 19.3. The first-order chi connectivity index (χ1) is 8.69. The van der Waals surface area contributed by atoms with Gasteiger partial charge in [0.25, 0.3) is 0 Å². The van der Waals surface area contributed by atoms with Gasteiger partial charge in [0, 0.05) is 0 Å². The van der Waals surface area contributed by atoms with Crippen LogP contribution in [0.15, 0.2) is 18.2 Å². The average molecular weight is 288 g/mol. The van der Waals surface area contributed by atoms with Gasteiger partial charge in [-0.1, -0.05) is 0 Å². The van der Waals surface area contributed by atoms with Crippen LogP contribution in [0.5, 0.6) is 11.5 Å². The average Bonchev–Trinajstić information content (AvgIpc) is 2.32. The predicted molar refractivity (Wildman–Crippen MR) is 54.3 cm³/mol. The molecule has 2 nitrogen and oxygen atoms in total. The maximum Gasteiger partial charge on any atom is 0.427 e. The molecule has 0 heterocycles. The van der Waals surface area contributed by atoms with Crippen LogP contribution in [0.2, 0.25) is 0 Å². The fourth-order valence-electron chi connectivity index (χ4n) is 1.19. The fraction of sp³-hybridized carbons (Fsp3) is 0.455. The first-order valence-corrected chi connectivity index (χ1v) is 5.05. The summed E-state index contributed by atoms with van der Waals surface area (Å²) in [5.74, 6) is -0.811. The number of hydrogen-bond donors (Lipinski definition) is 0. The van der Waals surface area contributed by atoms with Crippen LogP contribution in [-0.4, -0.2) is 25.6 Å². The summed E-state index contributed by atoms with van der Waals surface area (Å²) < 4.78 is 82.3. The fourth-order valence-corrected chi connectivity index (χ4v) is 1.19. The number of alkyl halides is 6. The Morgan fingerprint density at radius 2 is 1.47 bits per heavy atom. The molecule has 1 aromatic rings. The van der Waals surface area contributed by atoms with Crippen molar-refractivity contribution < 1.29 is 35.8 Å². The van der Waals surface area contributed by atoms with Crippen molar-refractivity contribution in [1.29, 1.82) is 0 Å². The van der Waals surface area contributed by atoms with Gasteiger partial charge in [0.15, 0.2) is 13.3 Å². The summed E-state index contributed by atoms with van der Waals surface area (Å²) >= 11 is 0. The van der Waals surface area contributed by atoms with Crippen molar-refractivity contribution in [2.45, 2.75) is 19.1 Å². The molecule has 0 bridgehead atoms. The number of aryl methyl sites for hydroxylation is 1. The summed E-state index contributed by atoms with van der Waals surface area (Å²) in [7, 11) is 0. The second-order valence-corrected chi connectivity index (χ2v) is 3.67. The van der Waals surface area contributed by atoms with Gasteiger partial charge >= 0.3 is 12.2 Å². The summed E-state index contributed by atoms with van der Waals surface area (Å²) in [4.78, 5) is 0. The molecular formula is C11H10F6O2. The lowest BCUT2D eigenvalue weighted by Crippen LogP contribution is -2.28. The van der Waals surface area contributed by atoms with E-state index in [1.807, 2.05) is 0 Å². The number of halogens is 6. The zero-order valence-electron chi connectivity index (χ0n) is 9.73. The van der Waals surface area contributed by atoms with Gasteiger partial charge in [-0.15, -0.1) is 0 Å². The Labute approximate surface area is 104 Å². The summed E-state index contributed by atoms with van der Waals surface area (Å²) in [5, 5.41) is 0. The quantitative estimate of drug-likeness (QED) is 0.740. The second-order valence-electron chi connectivity index (χ2n) is 3.67. The third-order valence-corrected chi connectivity index (χ3v) is 1.98. The van der Waals surface area contributed by atoms with Gasteiger partial charge in [-0.3, -0.25) is 0 Å². The highest BCUT2D eigenvalue weighted by Crippen LogP contribution is 2.30. The molecule has 108 valence electrons. The Kier molecular flexibility index (Phi) is 4.54. The van der Waals surface area contributed by atoms with Crippen molar-refractivity contribution in [3.05, 3.63) is 23.8 Å². The highest BCUT2D eigenvalue weighted by molar-refractivity contribution is 5.39. The molecule has 0 aromatic heterocycles. The minimum Gasteiger partial charge on any atom is -0.431 e. The van der Waals surface area contributed by atoms with E-state index in [0.29, 0.717) is 0 Å². The molecule has 0 atom stereocenters. The third kappa shape index (κ3) is 4.53. The summed E-state index contributed by atoms with van der Waals surface area (Å²) in [5.41, 5.74) is 0.0142. The molecule has 0 saturated carbocycles. The molecule has 0 aliphatic heterocycles. The molecule has 0 N–H and O–H groups in total. The van der Waals surface area contributed by atoms with E-state index in [1.165, 1.54) is 6.92 Å². The van der Waals surface area contributed by atoms with E-state index in [1.54, 1.807) is 0 Å². The van der Waals surface area contributed by atoms with Crippen LogP contribution >= 0.6 is 0 Å². The topological polar surface area (TPSA) is 18.5 Å². The first kappa shape index (κ1) is 15.5. The van der Waals surface area contributed by atoms with E-state index in [2.05, 4.69) is 9.47 Å². The number of rotatable bonds is 6. The van der Waals surface area contributed by atoms with Gasteiger partial charge in [0.2, 0.25) is 0 Å². The first-order valence-electron chi connectivity index (χ1n) is 5.05. The molecule has 0 spiro atoms. The Morgan fingerprint density at radius 3 is 1.95 bits per heavy atom. The number of benzene rings is 1. The Balaban J connectivity index is 2.86. The lowest BCUT2D eigenvalue weighted by atomic mass is 10.2. The van der Waals surface area contributed by atoms with Crippen molar-refractivity contribution in [3.63, 3.8) is 0 Å². The van der Waals surface area contributed by atoms with E-state index in [0.717, 1.165) is 18.2 Å².